The lowest BCUT2D eigenvalue weighted by Gasteiger charge is -2.12. The van der Waals surface area contributed by atoms with Crippen LogP contribution in [0, 0.1) is 0 Å². The minimum atomic E-state index is -0.0840. The summed E-state index contributed by atoms with van der Waals surface area (Å²) in [6.07, 6.45) is 4.99. The van der Waals surface area contributed by atoms with Gasteiger partial charge in [-0.3, -0.25) is 4.79 Å². The van der Waals surface area contributed by atoms with Gasteiger partial charge in [0.2, 0.25) is 5.91 Å². The van der Waals surface area contributed by atoms with Crippen LogP contribution in [-0.2, 0) is 17.8 Å². The maximum Gasteiger partial charge on any atom is 0.243 e. The van der Waals surface area contributed by atoms with E-state index < -0.39 is 0 Å². The molecule has 1 aromatic heterocycles. The van der Waals surface area contributed by atoms with Crippen LogP contribution in [0.25, 0.3) is 17.1 Å². The van der Waals surface area contributed by atoms with Crippen molar-refractivity contribution in [2.45, 2.75) is 39.2 Å². The van der Waals surface area contributed by atoms with E-state index >= 15 is 0 Å². The second-order valence-corrected chi connectivity index (χ2v) is 8.88. The highest BCUT2D eigenvalue weighted by atomic mass is 16.5. The number of amides is 1. The summed E-state index contributed by atoms with van der Waals surface area (Å²) in [4.78, 5) is 17.0. The second kappa shape index (κ2) is 12.0. The second-order valence-electron chi connectivity index (χ2n) is 8.88. The standard InChI is InChI=1S/C30H33N3O2/c1-23(2)25-15-17-26(18-16-25)35-22-21-33-28-12-7-6-11-27(28)32-29(33)13-8-20-31-30(34)19-14-24-9-4-3-5-10-24/h3-7,9-12,14-19,23H,8,13,20-22H2,1-2H3,(H,31,34)/b19-14-. The van der Waals surface area contributed by atoms with Crippen LogP contribution in [0.4, 0.5) is 0 Å². The predicted molar refractivity (Wildman–Crippen MR) is 143 cm³/mol. The van der Waals surface area contributed by atoms with Gasteiger partial charge >= 0.3 is 0 Å². The molecule has 5 heteroatoms. The highest BCUT2D eigenvalue weighted by molar-refractivity contribution is 5.91. The number of imidazole rings is 1. The Morgan fingerprint density at radius 3 is 2.51 bits per heavy atom. The average Bonchev–Trinajstić information content (AvgIpc) is 3.23. The van der Waals surface area contributed by atoms with Crippen LogP contribution in [0.15, 0.2) is 84.9 Å². The average molecular weight is 468 g/mol. The van der Waals surface area contributed by atoms with E-state index in [4.69, 9.17) is 9.72 Å². The molecule has 0 aliphatic carbocycles. The quantitative estimate of drug-likeness (QED) is 0.217. The molecule has 3 aromatic carbocycles. The summed E-state index contributed by atoms with van der Waals surface area (Å²) in [7, 11) is 0. The van der Waals surface area contributed by atoms with Crippen LogP contribution >= 0.6 is 0 Å². The van der Waals surface area contributed by atoms with Gasteiger partial charge in [0.1, 0.15) is 18.2 Å². The number of aromatic nitrogens is 2. The van der Waals surface area contributed by atoms with Crippen LogP contribution in [0.5, 0.6) is 5.75 Å². The van der Waals surface area contributed by atoms with Crippen molar-refractivity contribution >= 4 is 23.0 Å². The Morgan fingerprint density at radius 2 is 1.74 bits per heavy atom. The first kappa shape index (κ1) is 24.3. The molecule has 0 radical (unpaired) electrons. The third-order valence-electron chi connectivity index (χ3n) is 5.97. The summed E-state index contributed by atoms with van der Waals surface area (Å²) in [5, 5.41) is 2.97. The Kier molecular flexibility index (Phi) is 8.34. The maximum absolute atomic E-state index is 12.1. The number of carbonyl (C=O) groups excluding carboxylic acids is 1. The minimum absolute atomic E-state index is 0.0840. The summed E-state index contributed by atoms with van der Waals surface area (Å²) in [6.45, 7) is 6.26. The third-order valence-corrected chi connectivity index (χ3v) is 5.97. The zero-order valence-electron chi connectivity index (χ0n) is 20.5. The fourth-order valence-electron chi connectivity index (χ4n) is 4.02. The number of rotatable bonds is 11. The number of hydrogen-bond donors (Lipinski definition) is 1. The van der Waals surface area contributed by atoms with Gasteiger partial charge in [-0.2, -0.15) is 0 Å². The van der Waals surface area contributed by atoms with E-state index in [0.29, 0.717) is 25.6 Å². The largest absolute Gasteiger partial charge is 0.492 e. The molecule has 0 fully saturated rings. The Labute approximate surface area is 207 Å². The summed E-state index contributed by atoms with van der Waals surface area (Å²) < 4.78 is 8.26. The molecule has 1 amide bonds. The molecule has 4 aromatic rings. The molecule has 0 unspecified atom stereocenters. The molecule has 0 aliphatic rings. The third kappa shape index (κ3) is 6.82. The molecule has 0 spiro atoms. The smallest absolute Gasteiger partial charge is 0.243 e. The molecule has 0 saturated heterocycles. The number of fused-ring (bicyclic) bond motifs is 1. The van der Waals surface area contributed by atoms with E-state index in [0.717, 1.165) is 41.0 Å². The number of para-hydroxylation sites is 2. The molecule has 5 nitrogen and oxygen atoms in total. The lowest BCUT2D eigenvalue weighted by Crippen LogP contribution is -2.23. The van der Waals surface area contributed by atoms with Gasteiger partial charge in [0.25, 0.3) is 0 Å². The summed E-state index contributed by atoms with van der Waals surface area (Å²) in [5.74, 6) is 2.32. The van der Waals surface area contributed by atoms with Gasteiger partial charge in [0, 0.05) is 19.0 Å². The Bertz CT molecular complexity index is 1260. The van der Waals surface area contributed by atoms with Crippen LogP contribution in [-0.4, -0.2) is 28.6 Å². The predicted octanol–water partition coefficient (Wildman–Crippen LogP) is 6.00. The highest BCUT2D eigenvalue weighted by Gasteiger charge is 2.11. The van der Waals surface area contributed by atoms with Gasteiger partial charge < -0.3 is 14.6 Å². The molecule has 0 aliphatic heterocycles. The van der Waals surface area contributed by atoms with E-state index in [1.165, 1.54) is 5.56 Å². The first-order valence-electron chi connectivity index (χ1n) is 12.3. The molecule has 0 bridgehead atoms. The summed E-state index contributed by atoms with van der Waals surface area (Å²) in [5.41, 5.74) is 4.41. The zero-order valence-corrected chi connectivity index (χ0v) is 20.5. The van der Waals surface area contributed by atoms with E-state index in [2.05, 4.69) is 41.9 Å². The van der Waals surface area contributed by atoms with E-state index in [1.807, 2.05) is 66.7 Å². The number of ether oxygens (including phenoxy) is 1. The number of nitrogens with one attached hydrogen (secondary N) is 1. The molecular formula is C30H33N3O2. The molecule has 35 heavy (non-hydrogen) atoms. The molecule has 0 saturated carbocycles. The van der Waals surface area contributed by atoms with Gasteiger partial charge in [-0.05, 0) is 53.8 Å². The minimum Gasteiger partial charge on any atom is -0.492 e. The van der Waals surface area contributed by atoms with Gasteiger partial charge in [-0.15, -0.1) is 0 Å². The fourth-order valence-corrected chi connectivity index (χ4v) is 4.02. The first-order valence-corrected chi connectivity index (χ1v) is 12.3. The van der Waals surface area contributed by atoms with Crippen molar-refractivity contribution in [2.75, 3.05) is 13.2 Å². The van der Waals surface area contributed by atoms with E-state index in [-0.39, 0.29) is 5.91 Å². The first-order chi connectivity index (χ1) is 17.1. The van der Waals surface area contributed by atoms with Crippen molar-refractivity contribution in [3.05, 3.63) is 102 Å². The molecule has 180 valence electrons. The SMILES string of the molecule is CC(C)c1ccc(OCCn2c(CCCNC(=O)/C=C\c3ccccc3)nc3ccccc32)cc1. The van der Waals surface area contributed by atoms with Gasteiger partial charge in [-0.25, -0.2) is 4.98 Å². The fraction of sp³-hybridized carbons (Fsp3) is 0.267. The van der Waals surface area contributed by atoms with Gasteiger partial charge in [0.15, 0.2) is 0 Å². The van der Waals surface area contributed by atoms with Crippen molar-refractivity contribution in [3.8, 4) is 5.75 Å². The van der Waals surface area contributed by atoms with Crippen molar-refractivity contribution in [2.24, 2.45) is 0 Å². The molecule has 4 rings (SSSR count). The molecular weight excluding hydrogens is 434 g/mol. The Morgan fingerprint density at radius 1 is 1.00 bits per heavy atom. The number of benzene rings is 3. The van der Waals surface area contributed by atoms with Crippen LogP contribution in [0.3, 0.4) is 0 Å². The Balaban J connectivity index is 1.31. The van der Waals surface area contributed by atoms with Crippen molar-refractivity contribution < 1.29 is 9.53 Å². The Hall–Kier alpha value is -3.86. The van der Waals surface area contributed by atoms with E-state index in [1.54, 1.807) is 6.08 Å². The van der Waals surface area contributed by atoms with Crippen LogP contribution in [0.1, 0.15) is 43.1 Å². The number of nitrogens with zero attached hydrogens (tertiary/aromatic N) is 2. The number of aryl methyl sites for hydroxylation is 1. The molecule has 1 heterocycles. The monoisotopic (exact) mass is 467 g/mol. The van der Waals surface area contributed by atoms with Crippen LogP contribution in [0.2, 0.25) is 0 Å². The van der Waals surface area contributed by atoms with Crippen molar-refractivity contribution in [3.63, 3.8) is 0 Å². The topological polar surface area (TPSA) is 56.1 Å². The van der Waals surface area contributed by atoms with E-state index in [9.17, 15) is 4.79 Å². The molecule has 1 N–H and O–H groups in total. The highest BCUT2D eigenvalue weighted by Crippen LogP contribution is 2.20. The van der Waals surface area contributed by atoms with Crippen molar-refractivity contribution in [1.82, 2.24) is 14.9 Å². The number of carbonyl (C=O) groups is 1. The number of hydrogen-bond acceptors (Lipinski definition) is 3. The lowest BCUT2D eigenvalue weighted by molar-refractivity contribution is -0.116. The summed E-state index contributed by atoms with van der Waals surface area (Å²) in [6, 6.07) is 26.3. The lowest BCUT2D eigenvalue weighted by atomic mass is 10.0. The summed E-state index contributed by atoms with van der Waals surface area (Å²) >= 11 is 0. The van der Waals surface area contributed by atoms with Gasteiger partial charge in [-0.1, -0.05) is 68.4 Å². The van der Waals surface area contributed by atoms with Crippen LogP contribution < -0.4 is 10.1 Å². The normalized spacial score (nSPS) is 11.4. The zero-order chi connectivity index (χ0) is 24.5. The molecule has 0 atom stereocenters. The maximum atomic E-state index is 12.1. The van der Waals surface area contributed by atoms with Gasteiger partial charge in [0.05, 0.1) is 17.6 Å². The van der Waals surface area contributed by atoms with Crippen molar-refractivity contribution in [1.29, 1.82) is 0 Å².